The van der Waals surface area contributed by atoms with Crippen LogP contribution in [0.15, 0.2) is 47.7 Å². The molecule has 204 valence electrons. The maximum Gasteiger partial charge on any atom is 0.256 e. The van der Waals surface area contributed by atoms with Gasteiger partial charge in [0.15, 0.2) is 11.5 Å². The number of anilines is 1. The van der Waals surface area contributed by atoms with Crippen molar-refractivity contribution in [2.24, 2.45) is 4.99 Å². The molecule has 1 amide bonds. The van der Waals surface area contributed by atoms with Gasteiger partial charge in [-0.15, -0.1) is 0 Å². The van der Waals surface area contributed by atoms with Crippen molar-refractivity contribution in [1.82, 2.24) is 19.8 Å². The molecule has 2 fully saturated rings. The lowest BCUT2D eigenvalue weighted by atomic mass is 10.1. The first-order chi connectivity index (χ1) is 19.2. The number of carbonyl (C=O) groups excluding carboxylic acids is 1. The predicted molar refractivity (Wildman–Crippen MR) is 153 cm³/mol. The molecule has 2 aromatic carbocycles. The molecule has 9 heteroatoms. The first kappa shape index (κ1) is 25.6. The van der Waals surface area contributed by atoms with Gasteiger partial charge in [-0.05, 0) is 56.8 Å². The topological polar surface area (TPSA) is 83.4 Å². The number of aromatic nitrogens is 2. The van der Waals surface area contributed by atoms with Crippen molar-refractivity contribution in [3.05, 3.63) is 48.3 Å². The number of fused-ring (bicyclic) bond motifs is 3. The number of para-hydroxylation sites is 1. The maximum absolute atomic E-state index is 13.0. The van der Waals surface area contributed by atoms with Gasteiger partial charge in [-0.1, -0.05) is 12.1 Å². The number of benzene rings is 2. The van der Waals surface area contributed by atoms with Gasteiger partial charge >= 0.3 is 0 Å². The Balaban J connectivity index is 0.955. The van der Waals surface area contributed by atoms with Crippen LogP contribution in [0.1, 0.15) is 42.5 Å². The summed E-state index contributed by atoms with van der Waals surface area (Å²) in [4.78, 5) is 33.5. The summed E-state index contributed by atoms with van der Waals surface area (Å²) in [5, 5.41) is 1.12. The number of ether oxygens (including phenoxy) is 2. The van der Waals surface area contributed by atoms with E-state index in [1.54, 1.807) is 19.5 Å². The van der Waals surface area contributed by atoms with E-state index in [0.717, 1.165) is 88.1 Å². The molecule has 2 saturated heterocycles. The Morgan fingerprint density at radius 2 is 1.85 bits per heavy atom. The highest BCUT2D eigenvalue weighted by Crippen LogP contribution is 2.38. The van der Waals surface area contributed by atoms with Crippen molar-refractivity contribution in [1.29, 1.82) is 0 Å². The quantitative estimate of drug-likeness (QED) is 0.382. The van der Waals surface area contributed by atoms with E-state index in [4.69, 9.17) is 9.47 Å². The Kier molecular flexibility index (Phi) is 7.58. The average molecular weight is 529 g/mol. The van der Waals surface area contributed by atoms with E-state index in [0.29, 0.717) is 29.4 Å². The molecule has 0 saturated carbocycles. The number of aliphatic imine (C=N–C) groups is 1. The fraction of sp³-hybridized carbons (Fsp3) is 0.467. The minimum absolute atomic E-state index is 0.0288. The maximum atomic E-state index is 13.0. The van der Waals surface area contributed by atoms with Gasteiger partial charge in [0.05, 0.1) is 36.5 Å². The van der Waals surface area contributed by atoms with Gasteiger partial charge < -0.3 is 19.3 Å². The van der Waals surface area contributed by atoms with E-state index in [-0.39, 0.29) is 11.9 Å². The van der Waals surface area contributed by atoms with Crippen LogP contribution < -0.4 is 14.4 Å². The molecule has 0 aliphatic carbocycles. The molecule has 4 heterocycles. The standard InChI is InChI=1S/C30H36N6O3/c1-38-27-18-24-26(31-20-22-8-7-12-36(22)30(24)37)19-28(27)39-17-6-2-5-11-34-13-15-35(16-14-34)29-23-9-3-4-10-25(23)32-21-33-29/h3-4,9-10,18-22H,2,5-8,11-17H2,1H3. The highest BCUT2D eigenvalue weighted by Gasteiger charge is 2.32. The molecule has 39 heavy (non-hydrogen) atoms. The van der Waals surface area contributed by atoms with Gasteiger partial charge in [0.1, 0.15) is 12.1 Å². The zero-order valence-corrected chi connectivity index (χ0v) is 22.6. The Bertz CT molecular complexity index is 1350. The molecular formula is C30H36N6O3. The van der Waals surface area contributed by atoms with Crippen molar-refractivity contribution in [3.63, 3.8) is 0 Å². The number of carbonyl (C=O) groups is 1. The van der Waals surface area contributed by atoms with Crippen LogP contribution in [0.4, 0.5) is 11.5 Å². The molecule has 0 bridgehead atoms. The van der Waals surface area contributed by atoms with E-state index in [2.05, 4.69) is 36.9 Å². The molecule has 3 aliphatic rings. The summed E-state index contributed by atoms with van der Waals surface area (Å²) < 4.78 is 11.7. The van der Waals surface area contributed by atoms with E-state index in [1.165, 1.54) is 0 Å². The highest BCUT2D eigenvalue weighted by molar-refractivity contribution is 6.03. The number of piperazine rings is 1. The summed E-state index contributed by atoms with van der Waals surface area (Å²) >= 11 is 0. The van der Waals surface area contributed by atoms with Crippen LogP contribution in [0, 0.1) is 0 Å². The Hall–Kier alpha value is -3.72. The Morgan fingerprint density at radius 3 is 2.72 bits per heavy atom. The number of methoxy groups -OCH3 is 1. The second-order valence-electron chi connectivity index (χ2n) is 10.5. The van der Waals surface area contributed by atoms with Crippen molar-refractivity contribution >= 4 is 34.5 Å². The highest BCUT2D eigenvalue weighted by atomic mass is 16.5. The largest absolute Gasteiger partial charge is 0.493 e. The van der Waals surface area contributed by atoms with Gasteiger partial charge in [0.25, 0.3) is 5.91 Å². The summed E-state index contributed by atoms with van der Waals surface area (Å²) in [6, 6.07) is 12.0. The van der Waals surface area contributed by atoms with Crippen molar-refractivity contribution in [3.8, 4) is 11.5 Å². The second kappa shape index (κ2) is 11.6. The van der Waals surface area contributed by atoms with Gasteiger partial charge in [-0.2, -0.15) is 0 Å². The van der Waals surface area contributed by atoms with E-state index < -0.39 is 0 Å². The van der Waals surface area contributed by atoms with Crippen LogP contribution in [-0.2, 0) is 0 Å². The van der Waals surface area contributed by atoms with Crippen molar-refractivity contribution in [2.45, 2.75) is 38.1 Å². The molecule has 1 aromatic heterocycles. The van der Waals surface area contributed by atoms with Gasteiger partial charge in [-0.3, -0.25) is 14.7 Å². The van der Waals surface area contributed by atoms with E-state index in [9.17, 15) is 4.79 Å². The molecular weight excluding hydrogens is 492 g/mol. The van der Waals surface area contributed by atoms with Gasteiger partial charge in [-0.25, -0.2) is 9.97 Å². The molecule has 0 radical (unpaired) electrons. The Labute approximate surface area is 229 Å². The molecule has 0 spiro atoms. The third-order valence-electron chi connectivity index (χ3n) is 8.03. The van der Waals surface area contributed by atoms with Crippen molar-refractivity contribution in [2.75, 3.05) is 57.9 Å². The molecule has 1 atom stereocenters. The summed E-state index contributed by atoms with van der Waals surface area (Å²) in [7, 11) is 1.62. The van der Waals surface area contributed by atoms with Gasteiger partial charge in [0.2, 0.25) is 0 Å². The molecule has 3 aromatic rings. The fourth-order valence-corrected chi connectivity index (χ4v) is 5.84. The summed E-state index contributed by atoms with van der Waals surface area (Å²) in [6.45, 7) is 6.52. The predicted octanol–water partition coefficient (Wildman–Crippen LogP) is 4.33. The first-order valence-corrected chi connectivity index (χ1v) is 14.1. The monoisotopic (exact) mass is 528 g/mol. The summed E-state index contributed by atoms with van der Waals surface area (Å²) in [6.07, 6.45) is 8.76. The summed E-state index contributed by atoms with van der Waals surface area (Å²) in [5.74, 6) is 2.31. The lowest BCUT2D eigenvalue weighted by molar-refractivity contribution is 0.0774. The van der Waals surface area contributed by atoms with E-state index in [1.807, 2.05) is 29.3 Å². The summed E-state index contributed by atoms with van der Waals surface area (Å²) in [5.41, 5.74) is 2.25. The van der Waals surface area contributed by atoms with Crippen LogP contribution in [0.5, 0.6) is 11.5 Å². The zero-order chi connectivity index (χ0) is 26.6. The van der Waals surface area contributed by atoms with Crippen molar-refractivity contribution < 1.29 is 14.3 Å². The Morgan fingerprint density at radius 1 is 0.974 bits per heavy atom. The normalized spacial score (nSPS) is 19.2. The first-order valence-electron chi connectivity index (χ1n) is 14.1. The lowest BCUT2D eigenvalue weighted by Crippen LogP contribution is -2.47. The van der Waals surface area contributed by atoms with Crippen LogP contribution >= 0.6 is 0 Å². The third-order valence-corrected chi connectivity index (χ3v) is 8.03. The average Bonchev–Trinajstić information content (AvgIpc) is 3.41. The number of hydrogen-bond donors (Lipinski definition) is 0. The molecule has 3 aliphatic heterocycles. The molecule has 9 nitrogen and oxygen atoms in total. The lowest BCUT2D eigenvalue weighted by Gasteiger charge is -2.35. The van der Waals surface area contributed by atoms with Crippen LogP contribution in [0.3, 0.4) is 0 Å². The number of amides is 1. The molecule has 1 unspecified atom stereocenters. The number of nitrogens with zero attached hydrogens (tertiary/aromatic N) is 6. The van der Waals surface area contributed by atoms with Crippen LogP contribution in [0.2, 0.25) is 0 Å². The third kappa shape index (κ3) is 5.41. The number of hydrogen-bond acceptors (Lipinski definition) is 8. The smallest absolute Gasteiger partial charge is 0.256 e. The zero-order valence-electron chi connectivity index (χ0n) is 22.6. The number of rotatable bonds is 9. The molecule has 6 rings (SSSR count). The second-order valence-corrected chi connectivity index (χ2v) is 10.5. The minimum Gasteiger partial charge on any atom is -0.493 e. The van der Waals surface area contributed by atoms with Crippen LogP contribution in [0.25, 0.3) is 10.9 Å². The molecule has 0 N–H and O–H groups in total. The van der Waals surface area contributed by atoms with Crippen LogP contribution in [-0.4, -0.2) is 90.9 Å². The van der Waals surface area contributed by atoms with E-state index >= 15 is 0 Å². The number of unbranched alkanes of at least 4 members (excludes halogenated alkanes) is 2. The SMILES string of the molecule is COc1cc2c(cc1OCCCCCN1CCN(c3ncnc4ccccc34)CC1)N=CC1CCCN1C2=O. The minimum atomic E-state index is 0.0288. The van der Waals surface area contributed by atoms with Gasteiger partial charge in [0, 0.05) is 50.4 Å². The fourth-order valence-electron chi connectivity index (χ4n) is 5.84.